The maximum absolute atomic E-state index is 6.01. The number of rotatable bonds is 10. The van der Waals surface area contributed by atoms with Gasteiger partial charge in [-0.2, -0.15) is 0 Å². The van der Waals surface area contributed by atoms with Crippen LogP contribution >= 0.6 is 0 Å². The Labute approximate surface area is 169 Å². The number of benzene rings is 1. The van der Waals surface area contributed by atoms with Gasteiger partial charge < -0.3 is 9.47 Å². The molecule has 0 amide bonds. The van der Waals surface area contributed by atoms with Crippen LogP contribution in [0.4, 0.5) is 0 Å². The molecule has 0 bridgehead atoms. The van der Waals surface area contributed by atoms with Crippen molar-refractivity contribution in [3.63, 3.8) is 0 Å². The minimum absolute atomic E-state index is 0.523. The number of likely N-dealkylation sites (tertiary alicyclic amines) is 1. The highest BCUT2D eigenvalue weighted by Gasteiger charge is 2.23. The summed E-state index contributed by atoms with van der Waals surface area (Å²) >= 11 is 0. The molecular weight excluding hydrogens is 348 g/mol. The molecular formula is C24H34N2O2. The molecule has 0 N–H and O–H groups in total. The summed E-state index contributed by atoms with van der Waals surface area (Å²) in [6, 6.07) is 11.1. The average Bonchev–Trinajstić information content (AvgIpc) is 2.75. The first-order chi connectivity index (χ1) is 13.8. The monoisotopic (exact) mass is 382 g/mol. The van der Waals surface area contributed by atoms with E-state index in [4.69, 9.17) is 9.47 Å². The second kappa shape index (κ2) is 11.1. The van der Waals surface area contributed by atoms with E-state index in [0.717, 1.165) is 50.3 Å². The summed E-state index contributed by atoms with van der Waals surface area (Å²) in [5.74, 6) is 1.70. The molecule has 4 nitrogen and oxygen atoms in total. The Hall–Kier alpha value is -2.07. The number of hydrogen-bond acceptors (Lipinski definition) is 4. The number of ether oxygens (including phenoxy) is 2. The van der Waals surface area contributed by atoms with Crippen molar-refractivity contribution in [2.75, 3.05) is 26.8 Å². The molecule has 1 aromatic carbocycles. The number of aryl methyl sites for hydroxylation is 1. The Morgan fingerprint density at radius 1 is 1.14 bits per heavy atom. The molecule has 3 rings (SSSR count). The van der Waals surface area contributed by atoms with Gasteiger partial charge in [0, 0.05) is 18.4 Å². The fourth-order valence-electron chi connectivity index (χ4n) is 4.08. The number of methoxy groups -OCH3 is 1. The largest absolute Gasteiger partial charge is 0.493 e. The SMILES string of the molecule is CCCc1ccc(OCCCCN2CCCC[C@H]2c2cccnc2)c(OC)c1. The molecule has 1 aromatic heterocycles. The minimum atomic E-state index is 0.523. The van der Waals surface area contributed by atoms with E-state index in [1.807, 2.05) is 18.5 Å². The van der Waals surface area contributed by atoms with Crippen LogP contribution in [-0.2, 0) is 6.42 Å². The summed E-state index contributed by atoms with van der Waals surface area (Å²) in [7, 11) is 1.72. The fourth-order valence-corrected chi connectivity index (χ4v) is 4.08. The molecule has 0 radical (unpaired) electrons. The minimum Gasteiger partial charge on any atom is -0.493 e. The van der Waals surface area contributed by atoms with E-state index in [0.29, 0.717) is 6.04 Å². The van der Waals surface area contributed by atoms with E-state index >= 15 is 0 Å². The third-order valence-electron chi connectivity index (χ3n) is 5.55. The van der Waals surface area contributed by atoms with Gasteiger partial charge in [0.2, 0.25) is 0 Å². The van der Waals surface area contributed by atoms with Crippen LogP contribution in [0.2, 0.25) is 0 Å². The molecule has 1 atom stereocenters. The standard InChI is InChI=1S/C24H34N2O2/c1-3-9-20-12-13-23(24(18-20)27-2)28-17-7-6-16-26-15-5-4-11-22(26)21-10-8-14-25-19-21/h8,10,12-14,18-19,22H,3-7,9,11,15-17H2,1-2H3/t22-/m0/s1. The molecule has 0 aliphatic carbocycles. The summed E-state index contributed by atoms with van der Waals surface area (Å²) in [6.45, 7) is 5.23. The van der Waals surface area contributed by atoms with Gasteiger partial charge in [-0.05, 0) is 74.5 Å². The van der Waals surface area contributed by atoms with Gasteiger partial charge in [-0.1, -0.05) is 31.9 Å². The summed E-state index contributed by atoms with van der Waals surface area (Å²) in [6.07, 6.45) is 12.1. The molecule has 4 heteroatoms. The lowest BCUT2D eigenvalue weighted by molar-refractivity contribution is 0.142. The van der Waals surface area contributed by atoms with Crippen LogP contribution in [0.15, 0.2) is 42.7 Å². The highest BCUT2D eigenvalue weighted by molar-refractivity contribution is 5.43. The van der Waals surface area contributed by atoms with Gasteiger partial charge in [0.15, 0.2) is 11.5 Å². The molecule has 1 aliphatic heterocycles. The van der Waals surface area contributed by atoms with Gasteiger partial charge in [0.25, 0.3) is 0 Å². The molecule has 0 saturated carbocycles. The number of hydrogen-bond donors (Lipinski definition) is 0. The van der Waals surface area contributed by atoms with Crippen LogP contribution in [0.25, 0.3) is 0 Å². The second-order valence-electron chi connectivity index (χ2n) is 7.62. The Bertz CT molecular complexity index is 705. The summed E-state index contributed by atoms with van der Waals surface area (Å²) in [4.78, 5) is 6.94. The van der Waals surface area contributed by atoms with Crippen molar-refractivity contribution in [1.82, 2.24) is 9.88 Å². The van der Waals surface area contributed by atoms with Crippen molar-refractivity contribution >= 4 is 0 Å². The topological polar surface area (TPSA) is 34.6 Å². The van der Waals surface area contributed by atoms with E-state index in [2.05, 4.69) is 41.1 Å². The smallest absolute Gasteiger partial charge is 0.161 e. The highest BCUT2D eigenvalue weighted by atomic mass is 16.5. The van der Waals surface area contributed by atoms with Gasteiger partial charge >= 0.3 is 0 Å². The summed E-state index contributed by atoms with van der Waals surface area (Å²) in [5.41, 5.74) is 2.66. The normalized spacial score (nSPS) is 17.4. The van der Waals surface area contributed by atoms with Crippen molar-refractivity contribution in [1.29, 1.82) is 0 Å². The molecule has 28 heavy (non-hydrogen) atoms. The zero-order valence-corrected chi connectivity index (χ0v) is 17.4. The number of piperidine rings is 1. The van der Waals surface area contributed by atoms with Crippen molar-refractivity contribution in [3.8, 4) is 11.5 Å². The second-order valence-corrected chi connectivity index (χ2v) is 7.62. The highest BCUT2D eigenvalue weighted by Crippen LogP contribution is 2.31. The van der Waals surface area contributed by atoms with Crippen molar-refractivity contribution < 1.29 is 9.47 Å². The summed E-state index contributed by atoms with van der Waals surface area (Å²) < 4.78 is 11.5. The first kappa shape index (κ1) is 20.7. The maximum Gasteiger partial charge on any atom is 0.161 e. The van der Waals surface area contributed by atoms with Gasteiger partial charge in [-0.3, -0.25) is 9.88 Å². The van der Waals surface area contributed by atoms with Crippen LogP contribution < -0.4 is 9.47 Å². The number of aromatic nitrogens is 1. The first-order valence-electron chi connectivity index (χ1n) is 10.8. The van der Waals surface area contributed by atoms with Crippen LogP contribution in [0.3, 0.4) is 0 Å². The zero-order chi connectivity index (χ0) is 19.6. The van der Waals surface area contributed by atoms with E-state index in [9.17, 15) is 0 Å². The molecule has 0 spiro atoms. The van der Waals surface area contributed by atoms with E-state index < -0.39 is 0 Å². The lowest BCUT2D eigenvalue weighted by Gasteiger charge is -2.35. The number of unbranched alkanes of at least 4 members (excludes halogenated alkanes) is 1. The molecule has 1 saturated heterocycles. The third-order valence-corrected chi connectivity index (χ3v) is 5.55. The van der Waals surface area contributed by atoms with Crippen LogP contribution in [0.1, 0.15) is 62.6 Å². The fraction of sp³-hybridized carbons (Fsp3) is 0.542. The molecule has 2 heterocycles. The average molecular weight is 383 g/mol. The van der Waals surface area contributed by atoms with Crippen LogP contribution in [0, 0.1) is 0 Å². The van der Waals surface area contributed by atoms with Crippen LogP contribution in [-0.4, -0.2) is 36.7 Å². The lowest BCUT2D eigenvalue weighted by atomic mass is 9.96. The van der Waals surface area contributed by atoms with Crippen LogP contribution in [0.5, 0.6) is 11.5 Å². The predicted molar refractivity (Wildman–Crippen MR) is 114 cm³/mol. The van der Waals surface area contributed by atoms with Gasteiger partial charge in [-0.15, -0.1) is 0 Å². The quantitative estimate of drug-likeness (QED) is 0.513. The third kappa shape index (κ3) is 5.71. The summed E-state index contributed by atoms with van der Waals surface area (Å²) in [5, 5.41) is 0. The van der Waals surface area contributed by atoms with Gasteiger partial charge in [-0.25, -0.2) is 0 Å². The number of pyridine rings is 1. The molecule has 2 aromatic rings. The van der Waals surface area contributed by atoms with Gasteiger partial charge in [0.1, 0.15) is 0 Å². The first-order valence-corrected chi connectivity index (χ1v) is 10.8. The predicted octanol–water partition coefficient (Wildman–Crippen LogP) is 5.43. The molecule has 1 aliphatic rings. The molecule has 152 valence electrons. The van der Waals surface area contributed by atoms with Gasteiger partial charge in [0.05, 0.1) is 13.7 Å². The zero-order valence-electron chi connectivity index (χ0n) is 17.4. The number of nitrogens with zero attached hydrogens (tertiary/aromatic N) is 2. The van der Waals surface area contributed by atoms with Crippen molar-refractivity contribution in [2.45, 2.75) is 57.9 Å². The molecule has 0 unspecified atom stereocenters. The molecule has 1 fully saturated rings. The Morgan fingerprint density at radius 3 is 2.86 bits per heavy atom. The Balaban J connectivity index is 1.45. The van der Waals surface area contributed by atoms with E-state index in [1.54, 1.807) is 7.11 Å². The Kier molecular flexibility index (Phi) is 8.16. The van der Waals surface area contributed by atoms with Crippen molar-refractivity contribution in [2.24, 2.45) is 0 Å². The lowest BCUT2D eigenvalue weighted by Crippen LogP contribution is -2.34. The van der Waals surface area contributed by atoms with E-state index in [-0.39, 0.29) is 0 Å². The maximum atomic E-state index is 6.01. The van der Waals surface area contributed by atoms with Crippen molar-refractivity contribution in [3.05, 3.63) is 53.9 Å². The van der Waals surface area contributed by atoms with E-state index in [1.165, 1.54) is 36.9 Å². The Morgan fingerprint density at radius 2 is 2.07 bits per heavy atom.